The van der Waals surface area contributed by atoms with E-state index in [1.807, 2.05) is 0 Å². The summed E-state index contributed by atoms with van der Waals surface area (Å²) >= 11 is 0. The summed E-state index contributed by atoms with van der Waals surface area (Å²) in [6.07, 6.45) is -13.8. The van der Waals surface area contributed by atoms with Crippen molar-refractivity contribution >= 4 is 11.8 Å². The topological polar surface area (TPSA) is 331 Å². The number of hydrogen-bond donors (Lipinski definition) is 10. The van der Waals surface area contributed by atoms with Gasteiger partial charge in [-0.3, -0.25) is 9.59 Å². The highest BCUT2D eigenvalue weighted by atomic mass is 16.7. The van der Waals surface area contributed by atoms with Crippen molar-refractivity contribution in [2.24, 2.45) is 0 Å². The van der Waals surface area contributed by atoms with Gasteiger partial charge in [0.05, 0.1) is 92.5 Å². The number of hydrogen-bond acceptors (Lipinski definition) is 22. The number of benzene rings is 1. The standard InChI is InChI=1S/C38H64N2O22/c41-21-27-31(45)33(47)35(49)37(61-27)59-7-5-39-29(43)23-55-15-13-51-9-11-53-17-19-57-25-1-2-26(4-3-25)58-20-18-54-12-10-52-14-16-56-24-30(44)40-6-8-60-38-36(50)34(48)32(46)28(22-42)62-38/h1-4,27-28,31-38,41-42,45-50H,5-24H2,(H,39,43)(H,40,44)/t27-,28-,31-,32-,33+,34+,35-,36-,37-,38-/m1/s1. The Morgan fingerprint density at radius 3 is 1.11 bits per heavy atom. The molecule has 1 aromatic carbocycles. The molecule has 2 saturated heterocycles. The van der Waals surface area contributed by atoms with Crippen LogP contribution in [0.2, 0.25) is 0 Å². The third-order valence-corrected chi connectivity index (χ3v) is 8.88. The van der Waals surface area contributed by atoms with E-state index in [1.54, 1.807) is 24.3 Å². The molecule has 10 N–H and O–H groups in total. The molecule has 3 rings (SSSR count). The van der Waals surface area contributed by atoms with Crippen molar-refractivity contribution in [2.45, 2.75) is 61.4 Å². The molecular formula is C38H64N2O22. The summed E-state index contributed by atoms with van der Waals surface area (Å²) in [6, 6.07) is 7.11. The van der Waals surface area contributed by atoms with Gasteiger partial charge in [0.15, 0.2) is 12.6 Å². The molecule has 2 amide bonds. The molecule has 10 atom stereocenters. The summed E-state index contributed by atoms with van der Waals surface area (Å²) in [6.45, 7) is 2.10. The van der Waals surface area contributed by atoms with Crippen LogP contribution in [-0.4, -0.2) is 246 Å². The SMILES string of the molecule is O=C(COCCOCCOCCOc1ccc(OCCOCCOCCOCC(=O)NCCO[C@@H]2O[C@H](CO)[C@@H](O)[C@H](O)[C@H]2O)cc1)NCCO[C@@H]1O[C@H](CO)[C@@H](O)[C@H](O)[C@H]1O. The van der Waals surface area contributed by atoms with Gasteiger partial charge in [0.25, 0.3) is 0 Å². The fraction of sp³-hybridized carbons (Fsp3) is 0.789. The van der Waals surface area contributed by atoms with Crippen LogP contribution in [0.5, 0.6) is 11.5 Å². The molecule has 0 spiro atoms. The highest BCUT2D eigenvalue weighted by Gasteiger charge is 2.45. The third kappa shape index (κ3) is 20.7. The van der Waals surface area contributed by atoms with E-state index in [0.717, 1.165) is 0 Å². The number of ether oxygens (including phenoxy) is 12. The lowest BCUT2D eigenvalue weighted by Gasteiger charge is -2.39. The van der Waals surface area contributed by atoms with Gasteiger partial charge in [0, 0.05) is 13.1 Å². The first-order valence-corrected chi connectivity index (χ1v) is 20.2. The molecule has 0 aliphatic carbocycles. The highest BCUT2D eigenvalue weighted by molar-refractivity contribution is 5.77. The van der Waals surface area contributed by atoms with Gasteiger partial charge in [-0.2, -0.15) is 0 Å². The summed E-state index contributed by atoms with van der Waals surface area (Å²) in [7, 11) is 0. The van der Waals surface area contributed by atoms with Crippen molar-refractivity contribution in [2.75, 3.05) is 132 Å². The average Bonchev–Trinajstić information content (AvgIpc) is 3.27. The highest BCUT2D eigenvalue weighted by Crippen LogP contribution is 2.23. The second-order valence-corrected chi connectivity index (χ2v) is 13.6. The average molecular weight is 901 g/mol. The van der Waals surface area contributed by atoms with Crippen LogP contribution in [0.1, 0.15) is 0 Å². The number of nitrogens with one attached hydrogen (secondary N) is 2. The van der Waals surface area contributed by atoms with Gasteiger partial charge >= 0.3 is 0 Å². The molecule has 358 valence electrons. The first-order chi connectivity index (χ1) is 30.0. The summed E-state index contributed by atoms with van der Waals surface area (Å²) in [5.74, 6) is 0.506. The Morgan fingerprint density at radius 1 is 0.452 bits per heavy atom. The Hall–Kier alpha value is -2.96. The summed E-state index contributed by atoms with van der Waals surface area (Å²) in [5, 5.41) is 82.5. The molecule has 0 aromatic heterocycles. The molecule has 0 unspecified atom stereocenters. The molecule has 0 radical (unpaired) electrons. The number of carbonyl (C=O) groups excluding carboxylic acids is 2. The molecule has 0 bridgehead atoms. The molecule has 2 aliphatic rings. The molecule has 0 saturated carbocycles. The zero-order chi connectivity index (χ0) is 45.0. The number of aliphatic hydroxyl groups is 8. The quantitative estimate of drug-likeness (QED) is 0.0288. The van der Waals surface area contributed by atoms with Gasteiger partial charge in [0.2, 0.25) is 11.8 Å². The number of amides is 2. The van der Waals surface area contributed by atoms with Gasteiger partial charge in [-0.05, 0) is 24.3 Å². The van der Waals surface area contributed by atoms with E-state index in [2.05, 4.69) is 10.6 Å². The fourth-order valence-corrected chi connectivity index (χ4v) is 5.52. The minimum atomic E-state index is -1.54. The summed E-state index contributed by atoms with van der Waals surface area (Å²) in [4.78, 5) is 23.8. The third-order valence-electron chi connectivity index (χ3n) is 8.88. The van der Waals surface area contributed by atoms with Crippen molar-refractivity contribution in [3.63, 3.8) is 0 Å². The van der Waals surface area contributed by atoms with Crippen molar-refractivity contribution in [3.8, 4) is 11.5 Å². The molecule has 24 nitrogen and oxygen atoms in total. The van der Waals surface area contributed by atoms with Crippen molar-refractivity contribution < 1.29 is 107 Å². The van der Waals surface area contributed by atoms with E-state index in [-0.39, 0.29) is 65.9 Å². The van der Waals surface area contributed by atoms with Crippen LogP contribution >= 0.6 is 0 Å². The van der Waals surface area contributed by atoms with Crippen LogP contribution in [0.4, 0.5) is 0 Å². The van der Waals surface area contributed by atoms with Crippen LogP contribution in [-0.2, 0) is 57.0 Å². The van der Waals surface area contributed by atoms with E-state index in [1.165, 1.54) is 0 Å². The van der Waals surface area contributed by atoms with E-state index < -0.39 is 86.4 Å². The predicted octanol–water partition coefficient (Wildman–Crippen LogP) is -5.59. The van der Waals surface area contributed by atoms with Crippen LogP contribution in [0.25, 0.3) is 0 Å². The Balaban J connectivity index is 1.03. The van der Waals surface area contributed by atoms with E-state index in [9.17, 15) is 50.4 Å². The Bertz CT molecular complexity index is 1220. The Labute approximate surface area is 358 Å². The molecule has 2 heterocycles. The molecule has 62 heavy (non-hydrogen) atoms. The maximum Gasteiger partial charge on any atom is 0.246 e. The lowest BCUT2D eigenvalue weighted by molar-refractivity contribution is -0.300. The fourth-order valence-electron chi connectivity index (χ4n) is 5.52. The van der Waals surface area contributed by atoms with Crippen molar-refractivity contribution in [3.05, 3.63) is 24.3 Å². The minimum absolute atomic E-state index is 0.0538. The molecular weight excluding hydrogens is 836 g/mol. The second kappa shape index (κ2) is 31.8. The Morgan fingerprint density at radius 2 is 0.774 bits per heavy atom. The normalized spacial score (nSPS) is 26.3. The summed E-state index contributed by atoms with van der Waals surface area (Å²) < 4.78 is 64.7. The van der Waals surface area contributed by atoms with Gasteiger partial charge in [-0.25, -0.2) is 0 Å². The van der Waals surface area contributed by atoms with Gasteiger partial charge in [-0.15, -0.1) is 0 Å². The smallest absolute Gasteiger partial charge is 0.246 e. The molecule has 2 aliphatic heterocycles. The zero-order valence-corrected chi connectivity index (χ0v) is 34.5. The van der Waals surface area contributed by atoms with Crippen LogP contribution in [0.3, 0.4) is 0 Å². The summed E-state index contributed by atoms with van der Waals surface area (Å²) in [5.41, 5.74) is 0. The zero-order valence-electron chi connectivity index (χ0n) is 34.5. The maximum absolute atomic E-state index is 11.9. The van der Waals surface area contributed by atoms with E-state index in [4.69, 9.17) is 56.8 Å². The van der Waals surface area contributed by atoms with Crippen molar-refractivity contribution in [1.29, 1.82) is 0 Å². The monoisotopic (exact) mass is 900 g/mol. The van der Waals surface area contributed by atoms with Crippen LogP contribution in [0, 0.1) is 0 Å². The van der Waals surface area contributed by atoms with Crippen molar-refractivity contribution in [1.82, 2.24) is 10.6 Å². The molecule has 24 heteroatoms. The van der Waals surface area contributed by atoms with Gasteiger partial charge in [-0.1, -0.05) is 0 Å². The number of rotatable bonds is 34. The van der Waals surface area contributed by atoms with Crippen LogP contribution < -0.4 is 20.1 Å². The maximum atomic E-state index is 11.9. The lowest BCUT2D eigenvalue weighted by Crippen LogP contribution is -2.59. The largest absolute Gasteiger partial charge is 0.491 e. The Kier molecular flexibility index (Phi) is 27.4. The van der Waals surface area contributed by atoms with Crippen LogP contribution in [0.15, 0.2) is 24.3 Å². The van der Waals surface area contributed by atoms with E-state index in [0.29, 0.717) is 64.4 Å². The number of aliphatic hydroxyl groups excluding tert-OH is 8. The first kappa shape index (κ1) is 53.4. The number of carbonyl (C=O) groups is 2. The molecule has 1 aromatic rings. The minimum Gasteiger partial charge on any atom is -0.491 e. The van der Waals surface area contributed by atoms with Gasteiger partial charge < -0.3 is 108 Å². The lowest BCUT2D eigenvalue weighted by atomic mass is 9.99. The van der Waals surface area contributed by atoms with E-state index >= 15 is 0 Å². The predicted molar refractivity (Wildman–Crippen MR) is 208 cm³/mol. The molecule has 2 fully saturated rings. The second-order valence-electron chi connectivity index (χ2n) is 13.6. The first-order valence-electron chi connectivity index (χ1n) is 20.2. The van der Waals surface area contributed by atoms with Gasteiger partial charge in [0.1, 0.15) is 86.8 Å².